The van der Waals surface area contributed by atoms with Crippen molar-refractivity contribution >= 4 is 11.3 Å². The van der Waals surface area contributed by atoms with Crippen molar-refractivity contribution in [3.63, 3.8) is 0 Å². The highest BCUT2D eigenvalue weighted by molar-refractivity contribution is 7.12. The van der Waals surface area contributed by atoms with E-state index >= 15 is 0 Å². The van der Waals surface area contributed by atoms with Crippen molar-refractivity contribution in [2.24, 2.45) is 0 Å². The van der Waals surface area contributed by atoms with Gasteiger partial charge in [0.15, 0.2) is 0 Å². The number of aliphatic hydroxyl groups excluding tert-OH is 1. The Balaban J connectivity index is 1.93. The first-order valence-corrected chi connectivity index (χ1v) is 7.61. The number of hydrogen-bond acceptors (Lipinski definition) is 3. The van der Waals surface area contributed by atoms with E-state index in [4.69, 9.17) is 5.11 Å². The number of benzene rings is 1. The minimum atomic E-state index is -0.161. The minimum absolute atomic E-state index is 0.0939. The molecule has 1 heterocycles. The lowest BCUT2D eigenvalue weighted by Crippen LogP contribution is -2.17. The summed E-state index contributed by atoms with van der Waals surface area (Å²) in [6.45, 7) is 1.44. The lowest BCUT2D eigenvalue weighted by molar-refractivity contribution is 0.305. The Morgan fingerprint density at radius 3 is 2.76 bits per heavy atom. The van der Waals surface area contributed by atoms with E-state index in [1.54, 1.807) is 17.4 Å². The van der Waals surface area contributed by atoms with Crippen molar-refractivity contribution in [1.82, 2.24) is 4.90 Å². The number of aliphatic hydroxyl groups is 1. The Bertz CT molecular complexity index is 641. The number of rotatable bonds is 5. The van der Waals surface area contributed by atoms with Gasteiger partial charge < -0.3 is 5.11 Å². The molecule has 0 spiro atoms. The Labute approximate surface area is 128 Å². The molecule has 0 saturated heterocycles. The normalized spacial score (nSPS) is 10.5. The van der Waals surface area contributed by atoms with Crippen molar-refractivity contribution in [3.8, 4) is 11.8 Å². The van der Waals surface area contributed by atoms with E-state index in [2.05, 4.69) is 16.7 Å². The summed E-state index contributed by atoms with van der Waals surface area (Å²) in [5.74, 6) is 5.78. The first kappa shape index (κ1) is 15.7. The van der Waals surface area contributed by atoms with Crippen LogP contribution in [0.25, 0.3) is 0 Å². The van der Waals surface area contributed by atoms with Gasteiger partial charge in [-0.25, -0.2) is 4.39 Å². The van der Waals surface area contributed by atoms with Crippen LogP contribution in [0.2, 0.25) is 0 Å². The van der Waals surface area contributed by atoms with Crippen LogP contribution in [0.5, 0.6) is 0 Å². The maximum absolute atomic E-state index is 13.6. The molecular weight excluding hydrogens is 285 g/mol. The molecule has 2 aromatic rings. The zero-order valence-electron chi connectivity index (χ0n) is 12.0. The van der Waals surface area contributed by atoms with Gasteiger partial charge in [-0.3, -0.25) is 4.90 Å². The third kappa shape index (κ3) is 4.98. The highest BCUT2D eigenvalue weighted by Crippen LogP contribution is 2.18. The number of thiophene rings is 1. The van der Waals surface area contributed by atoms with Crippen LogP contribution in [0.1, 0.15) is 21.7 Å². The Kier molecular flexibility index (Phi) is 5.94. The summed E-state index contributed by atoms with van der Waals surface area (Å²) in [6.07, 6.45) is 0.500. The molecule has 0 amide bonds. The average Bonchev–Trinajstić information content (AvgIpc) is 2.89. The van der Waals surface area contributed by atoms with Gasteiger partial charge in [0, 0.05) is 30.0 Å². The number of halogens is 1. The molecule has 0 unspecified atom stereocenters. The van der Waals surface area contributed by atoms with Gasteiger partial charge in [0.1, 0.15) is 5.82 Å². The molecule has 1 aromatic carbocycles. The van der Waals surface area contributed by atoms with Gasteiger partial charge in [0.2, 0.25) is 0 Å². The molecule has 1 aromatic heterocycles. The van der Waals surface area contributed by atoms with Crippen LogP contribution in [-0.2, 0) is 13.1 Å². The number of nitrogens with zero attached hydrogens (tertiary/aromatic N) is 1. The zero-order chi connectivity index (χ0) is 15.1. The summed E-state index contributed by atoms with van der Waals surface area (Å²) in [6, 6.07) is 10.9. The Hall–Kier alpha value is -1.67. The van der Waals surface area contributed by atoms with Gasteiger partial charge in [0.25, 0.3) is 0 Å². The zero-order valence-corrected chi connectivity index (χ0v) is 12.8. The van der Waals surface area contributed by atoms with Gasteiger partial charge in [-0.05, 0) is 25.2 Å². The van der Waals surface area contributed by atoms with Crippen LogP contribution >= 0.6 is 11.3 Å². The van der Waals surface area contributed by atoms with Gasteiger partial charge in [-0.1, -0.05) is 30.0 Å². The van der Waals surface area contributed by atoms with E-state index in [-0.39, 0.29) is 12.4 Å². The van der Waals surface area contributed by atoms with Gasteiger partial charge in [-0.2, -0.15) is 0 Å². The lowest BCUT2D eigenvalue weighted by atomic mass is 10.2. The van der Waals surface area contributed by atoms with Crippen molar-refractivity contribution in [2.75, 3.05) is 13.7 Å². The average molecular weight is 303 g/mol. The largest absolute Gasteiger partial charge is 0.395 e. The van der Waals surface area contributed by atoms with Crippen LogP contribution in [0.15, 0.2) is 36.4 Å². The quantitative estimate of drug-likeness (QED) is 0.857. The van der Waals surface area contributed by atoms with E-state index in [9.17, 15) is 4.39 Å². The SMILES string of the molecule is CN(Cc1ccc(C#CCCO)s1)Cc1ccccc1F. The first-order chi connectivity index (χ1) is 10.2. The molecule has 0 aliphatic rings. The summed E-state index contributed by atoms with van der Waals surface area (Å²) in [5.41, 5.74) is 0.708. The lowest BCUT2D eigenvalue weighted by Gasteiger charge is -2.15. The van der Waals surface area contributed by atoms with E-state index in [1.165, 1.54) is 10.9 Å². The second-order valence-corrected chi connectivity index (χ2v) is 5.97. The molecule has 1 N–H and O–H groups in total. The summed E-state index contributed by atoms with van der Waals surface area (Å²) < 4.78 is 13.6. The molecule has 0 aliphatic carbocycles. The monoisotopic (exact) mass is 303 g/mol. The molecule has 0 bridgehead atoms. The van der Waals surface area contributed by atoms with Crippen molar-refractivity contribution in [2.45, 2.75) is 19.5 Å². The van der Waals surface area contributed by atoms with E-state index in [0.29, 0.717) is 18.5 Å². The molecule has 110 valence electrons. The molecule has 21 heavy (non-hydrogen) atoms. The molecule has 0 saturated carbocycles. The van der Waals surface area contributed by atoms with Crippen molar-refractivity contribution in [1.29, 1.82) is 0 Å². The molecule has 0 aliphatic heterocycles. The standard InChI is InChI=1S/C17H18FNOS/c1-19(12-14-6-2-3-8-17(14)18)13-16-10-9-15(21-16)7-4-5-11-20/h2-3,6,8-10,20H,5,11-13H2,1H3. The van der Waals surface area contributed by atoms with Crippen LogP contribution in [-0.4, -0.2) is 23.7 Å². The highest BCUT2D eigenvalue weighted by atomic mass is 32.1. The molecule has 2 rings (SSSR count). The van der Waals surface area contributed by atoms with E-state index in [1.807, 2.05) is 31.3 Å². The molecule has 2 nitrogen and oxygen atoms in total. The third-order valence-corrected chi connectivity index (χ3v) is 3.92. The smallest absolute Gasteiger partial charge is 0.127 e. The fourth-order valence-electron chi connectivity index (χ4n) is 1.97. The molecule has 0 radical (unpaired) electrons. The molecular formula is C17H18FNOS. The van der Waals surface area contributed by atoms with Gasteiger partial charge in [0.05, 0.1) is 11.5 Å². The highest BCUT2D eigenvalue weighted by Gasteiger charge is 2.07. The van der Waals surface area contributed by atoms with Crippen LogP contribution in [0, 0.1) is 17.7 Å². The minimum Gasteiger partial charge on any atom is -0.395 e. The maximum atomic E-state index is 13.6. The van der Waals surface area contributed by atoms with Crippen molar-refractivity contribution < 1.29 is 9.50 Å². The fraction of sp³-hybridized carbons (Fsp3) is 0.294. The maximum Gasteiger partial charge on any atom is 0.127 e. The van der Waals surface area contributed by atoms with Gasteiger partial charge in [-0.15, -0.1) is 11.3 Å². The van der Waals surface area contributed by atoms with Crippen LogP contribution < -0.4 is 0 Å². The topological polar surface area (TPSA) is 23.5 Å². The first-order valence-electron chi connectivity index (χ1n) is 6.79. The van der Waals surface area contributed by atoms with E-state index in [0.717, 1.165) is 11.4 Å². The molecule has 0 atom stereocenters. The molecule has 0 fully saturated rings. The Morgan fingerprint density at radius 1 is 1.19 bits per heavy atom. The summed E-state index contributed by atoms with van der Waals surface area (Å²) in [4.78, 5) is 4.27. The Morgan fingerprint density at radius 2 is 2.00 bits per heavy atom. The van der Waals surface area contributed by atoms with E-state index < -0.39 is 0 Å². The second kappa shape index (κ2) is 7.94. The summed E-state index contributed by atoms with van der Waals surface area (Å²) in [5, 5.41) is 8.69. The van der Waals surface area contributed by atoms with Crippen LogP contribution in [0.3, 0.4) is 0 Å². The fourth-order valence-corrected chi connectivity index (χ4v) is 2.94. The predicted molar refractivity (Wildman–Crippen MR) is 84.5 cm³/mol. The third-order valence-electron chi connectivity index (χ3n) is 2.93. The molecule has 4 heteroatoms. The second-order valence-electron chi connectivity index (χ2n) is 4.81. The number of hydrogen-bond donors (Lipinski definition) is 1. The van der Waals surface area contributed by atoms with Crippen molar-refractivity contribution in [3.05, 3.63) is 57.5 Å². The van der Waals surface area contributed by atoms with Gasteiger partial charge >= 0.3 is 0 Å². The summed E-state index contributed by atoms with van der Waals surface area (Å²) >= 11 is 1.64. The predicted octanol–water partition coefficient (Wildman–Crippen LogP) is 3.25. The summed E-state index contributed by atoms with van der Waals surface area (Å²) in [7, 11) is 1.98. The van der Waals surface area contributed by atoms with Crippen LogP contribution in [0.4, 0.5) is 4.39 Å².